The molecule has 0 aliphatic carbocycles. The maximum atomic E-state index is 11.4. The van der Waals surface area contributed by atoms with E-state index in [0.717, 1.165) is 10.6 Å². The number of halogens is 1. The van der Waals surface area contributed by atoms with Gasteiger partial charge in [-0.3, -0.25) is 14.7 Å². The van der Waals surface area contributed by atoms with Crippen LogP contribution in [0.25, 0.3) is 0 Å². The molecule has 1 aliphatic rings. The number of amides is 3. The molecule has 1 aromatic rings. The molecule has 23 heavy (non-hydrogen) atoms. The SMILES string of the molecule is CC(C)c1cccc(NC(N)=NCCN2C(=O)CNC2=O)c1.I. The van der Waals surface area contributed by atoms with Gasteiger partial charge in [0, 0.05) is 5.69 Å². The maximum absolute atomic E-state index is 11.4. The minimum atomic E-state index is -0.378. The van der Waals surface area contributed by atoms with Gasteiger partial charge < -0.3 is 16.4 Å². The molecule has 0 atom stereocenters. The fourth-order valence-electron chi connectivity index (χ4n) is 2.11. The first-order valence-corrected chi connectivity index (χ1v) is 7.22. The monoisotopic (exact) mass is 431 g/mol. The second-order valence-corrected chi connectivity index (χ2v) is 5.38. The molecule has 7 nitrogen and oxygen atoms in total. The largest absolute Gasteiger partial charge is 0.370 e. The third kappa shape index (κ3) is 5.38. The average Bonchev–Trinajstić information content (AvgIpc) is 2.79. The molecule has 0 radical (unpaired) electrons. The number of benzene rings is 1. The molecule has 8 heteroatoms. The Bertz CT molecular complexity index is 587. The predicted octanol–water partition coefficient (Wildman–Crippen LogP) is 1.71. The van der Waals surface area contributed by atoms with Gasteiger partial charge in [-0.25, -0.2) is 4.79 Å². The van der Waals surface area contributed by atoms with E-state index in [1.807, 2.05) is 18.2 Å². The normalized spacial score (nSPS) is 14.7. The lowest BCUT2D eigenvalue weighted by Gasteiger charge is -2.12. The summed E-state index contributed by atoms with van der Waals surface area (Å²) in [7, 11) is 0. The Kier molecular flexibility index (Phi) is 7.27. The number of aliphatic imine (C=N–C) groups is 1. The van der Waals surface area contributed by atoms with Crippen LogP contribution in [-0.2, 0) is 4.79 Å². The van der Waals surface area contributed by atoms with Crippen molar-refractivity contribution < 1.29 is 9.59 Å². The van der Waals surface area contributed by atoms with Crippen molar-refractivity contribution in [3.8, 4) is 0 Å². The Morgan fingerprint density at radius 3 is 2.78 bits per heavy atom. The number of anilines is 1. The van der Waals surface area contributed by atoms with E-state index in [0.29, 0.717) is 5.92 Å². The lowest BCUT2D eigenvalue weighted by Crippen LogP contribution is -2.34. The van der Waals surface area contributed by atoms with Crippen LogP contribution in [0.5, 0.6) is 0 Å². The minimum Gasteiger partial charge on any atom is -0.370 e. The molecular weight excluding hydrogens is 409 g/mol. The number of carbonyl (C=O) groups excluding carboxylic acids is 2. The summed E-state index contributed by atoms with van der Waals surface area (Å²) in [6.45, 7) is 4.78. The van der Waals surface area contributed by atoms with Gasteiger partial charge in [0.2, 0.25) is 5.91 Å². The number of guanidine groups is 1. The zero-order valence-electron chi connectivity index (χ0n) is 13.2. The fraction of sp³-hybridized carbons (Fsp3) is 0.400. The van der Waals surface area contributed by atoms with E-state index in [1.165, 1.54) is 5.56 Å². The van der Waals surface area contributed by atoms with Gasteiger partial charge in [-0.1, -0.05) is 26.0 Å². The number of carbonyl (C=O) groups is 2. The van der Waals surface area contributed by atoms with Crippen molar-refractivity contribution in [2.45, 2.75) is 19.8 Å². The number of rotatable bonds is 5. The van der Waals surface area contributed by atoms with Crippen LogP contribution in [-0.4, -0.2) is 42.4 Å². The van der Waals surface area contributed by atoms with Gasteiger partial charge in [-0.05, 0) is 23.6 Å². The molecular formula is C15H22IN5O2. The minimum absolute atomic E-state index is 0. The van der Waals surface area contributed by atoms with E-state index in [9.17, 15) is 9.59 Å². The van der Waals surface area contributed by atoms with Crippen molar-refractivity contribution >= 4 is 47.6 Å². The Morgan fingerprint density at radius 1 is 1.43 bits per heavy atom. The van der Waals surface area contributed by atoms with Crippen LogP contribution in [0.3, 0.4) is 0 Å². The summed E-state index contributed by atoms with van der Waals surface area (Å²) in [6.07, 6.45) is 0. The molecule has 3 amide bonds. The molecule has 1 heterocycles. The molecule has 126 valence electrons. The van der Waals surface area contributed by atoms with Crippen LogP contribution in [0.2, 0.25) is 0 Å². The van der Waals surface area contributed by atoms with Crippen molar-refractivity contribution in [3.63, 3.8) is 0 Å². The highest BCUT2D eigenvalue weighted by Crippen LogP contribution is 2.18. The van der Waals surface area contributed by atoms with E-state index >= 15 is 0 Å². The van der Waals surface area contributed by atoms with E-state index in [4.69, 9.17) is 5.73 Å². The van der Waals surface area contributed by atoms with Crippen LogP contribution in [0.15, 0.2) is 29.3 Å². The van der Waals surface area contributed by atoms with Gasteiger partial charge in [0.1, 0.15) is 0 Å². The smallest absolute Gasteiger partial charge is 0.324 e. The maximum Gasteiger partial charge on any atom is 0.324 e. The Labute approximate surface area is 152 Å². The second kappa shape index (κ2) is 8.70. The van der Waals surface area contributed by atoms with Gasteiger partial charge in [-0.15, -0.1) is 24.0 Å². The summed E-state index contributed by atoms with van der Waals surface area (Å²) in [5.74, 6) is 0.448. The predicted molar refractivity (Wildman–Crippen MR) is 101 cm³/mol. The molecule has 1 saturated heterocycles. The summed E-state index contributed by atoms with van der Waals surface area (Å²) in [5, 5.41) is 5.46. The molecule has 0 spiro atoms. The highest BCUT2D eigenvalue weighted by Gasteiger charge is 2.27. The molecule has 0 bridgehead atoms. The number of nitrogens with two attached hydrogens (primary N) is 1. The summed E-state index contributed by atoms with van der Waals surface area (Å²) < 4.78 is 0. The first-order chi connectivity index (χ1) is 10.5. The van der Waals surface area contributed by atoms with Gasteiger partial charge in [0.25, 0.3) is 0 Å². The molecule has 0 aromatic heterocycles. The molecule has 2 rings (SSSR count). The van der Waals surface area contributed by atoms with Crippen molar-refractivity contribution in [1.29, 1.82) is 0 Å². The van der Waals surface area contributed by atoms with E-state index in [-0.39, 0.29) is 61.5 Å². The third-order valence-electron chi connectivity index (χ3n) is 3.37. The van der Waals surface area contributed by atoms with Gasteiger partial charge >= 0.3 is 6.03 Å². The van der Waals surface area contributed by atoms with Crippen LogP contribution >= 0.6 is 24.0 Å². The summed E-state index contributed by atoms with van der Waals surface area (Å²) in [4.78, 5) is 28.0. The topological polar surface area (TPSA) is 99.8 Å². The lowest BCUT2D eigenvalue weighted by molar-refractivity contribution is -0.124. The lowest BCUT2D eigenvalue weighted by atomic mass is 10.0. The van der Waals surface area contributed by atoms with Gasteiger partial charge in [0.15, 0.2) is 5.96 Å². The number of nitrogens with zero attached hydrogens (tertiary/aromatic N) is 2. The number of nitrogens with one attached hydrogen (secondary N) is 2. The fourth-order valence-corrected chi connectivity index (χ4v) is 2.11. The summed E-state index contributed by atoms with van der Waals surface area (Å²) in [6, 6.07) is 7.56. The van der Waals surface area contributed by atoms with Crippen LogP contribution in [0.4, 0.5) is 10.5 Å². The van der Waals surface area contributed by atoms with Crippen molar-refractivity contribution in [2.24, 2.45) is 10.7 Å². The van der Waals surface area contributed by atoms with Gasteiger partial charge in [0.05, 0.1) is 19.6 Å². The van der Waals surface area contributed by atoms with Gasteiger partial charge in [-0.2, -0.15) is 0 Å². The number of hydrogen-bond donors (Lipinski definition) is 3. The first-order valence-electron chi connectivity index (χ1n) is 7.22. The third-order valence-corrected chi connectivity index (χ3v) is 3.37. The number of urea groups is 1. The number of imide groups is 1. The highest BCUT2D eigenvalue weighted by molar-refractivity contribution is 14.0. The van der Waals surface area contributed by atoms with E-state index in [2.05, 4.69) is 35.5 Å². The summed E-state index contributed by atoms with van der Waals surface area (Å²) >= 11 is 0. The molecule has 0 unspecified atom stereocenters. The molecule has 1 fully saturated rings. The summed E-state index contributed by atoms with van der Waals surface area (Å²) in [5.41, 5.74) is 7.89. The Balaban J connectivity index is 0.00000264. The first kappa shape index (κ1) is 19.2. The zero-order chi connectivity index (χ0) is 16.1. The van der Waals surface area contributed by atoms with Crippen LogP contribution in [0.1, 0.15) is 25.3 Å². The Morgan fingerprint density at radius 2 is 2.17 bits per heavy atom. The standard InChI is InChI=1S/C15H21N5O2.HI/c1-10(2)11-4-3-5-12(8-11)19-14(16)17-6-7-20-13(21)9-18-15(20)22;/h3-5,8,10H,6-7,9H2,1-2H3,(H,18,22)(H3,16,17,19);1H. The van der Waals surface area contributed by atoms with Crippen molar-refractivity contribution in [1.82, 2.24) is 10.2 Å². The van der Waals surface area contributed by atoms with Crippen LogP contribution in [0, 0.1) is 0 Å². The zero-order valence-corrected chi connectivity index (χ0v) is 15.5. The molecule has 1 aromatic carbocycles. The van der Waals surface area contributed by atoms with Crippen molar-refractivity contribution in [3.05, 3.63) is 29.8 Å². The molecule has 1 aliphatic heterocycles. The molecule has 0 saturated carbocycles. The Hall–Kier alpha value is -1.84. The quantitative estimate of drug-likeness (QED) is 0.286. The second-order valence-electron chi connectivity index (χ2n) is 5.38. The molecule has 4 N–H and O–H groups in total. The van der Waals surface area contributed by atoms with Crippen LogP contribution < -0.4 is 16.4 Å². The average molecular weight is 431 g/mol. The number of hydrogen-bond acceptors (Lipinski definition) is 3. The highest BCUT2D eigenvalue weighted by atomic mass is 127. The van der Waals surface area contributed by atoms with Crippen molar-refractivity contribution in [2.75, 3.05) is 25.0 Å². The van der Waals surface area contributed by atoms with E-state index in [1.54, 1.807) is 0 Å². The van der Waals surface area contributed by atoms with E-state index < -0.39 is 0 Å².